The Labute approximate surface area is 78.9 Å². The van der Waals surface area contributed by atoms with Gasteiger partial charge >= 0.3 is 0 Å². The molecule has 0 aromatic carbocycles. The van der Waals surface area contributed by atoms with Gasteiger partial charge in [-0.1, -0.05) is 5.11 Å². The summed E-state index contributed by atoms with van der Waals surface area (Å²) in [5.74, 6) is 0. The molecule has 0 aromatic rings. The molecule has 13 heavy (non-hydrogen) atoms. The van der Waals surface area contributed by atoms with E-state index in [4.69, 9.17) is 16.0 Å². The molecular weight excluding hydrogens is 168 g/mol. The number of azide groups is 1. The maximum Gasteiger partial charge on any atom is 0.0466 e. The van der Waals surface area contributed by atoms with Gasteiger partial charge in [0.25, 0.3) is 0 Å². The second-order valence-electron chi connectivity index (χ2n) is 2.77. The van der Waals surface area contributed by atoms with Crippen LogP contribution in [-0.4, -0.2) is 26.3 Å². The van der Waals surface area contributed by atoms with Crippen molar-refractivity contribution in [2.45, 2.75) is 25.7 Å². The monoisotopic (exact) mass is 186 g/mol. The second-order valence-corrected chi connectivity index (χ2v) is 2.77. The Morgan fingerprint density at radius 2 is 1.85 bits per heavy atom. The molecule has 0 aliphatic rings. The molecule has 0 atom stereocenters. The van der Waals surface area contributed by atoms with Gasteiger partial charge in [-0.3, -0.25) is 0 Å². The molecule has 0 radical (unpaired) electrons. The fourth-order valence-electron chi connectivity index (χ4n) is 0.882. The minimum atomic E-state index is 0.572. The van der Waals surface area contributed by atoms with E-state index >= 15 is 0 Å². The molecular formula is C8H18N4O. The maximum atomic E-state index is 7.98. The molecule has 0 fully saturated rings. The smallest absolute Gasteiger partial charge is 0.0466 e. The number of unbranched alkanes of at least 4 members (excludes halogenated alkanes) is 2. The Bertz CT molecular complexity index is 145. The molecule has 0 aliphatic carbocycles. The van der Waals surface area contributed by atoms with Crippen molar-refractivity contribution in [3.63, 3.8) is 0 Å². The van der Waals surface area contributed by atoms with Gasteiger partial charge in [-0.05, 0) is 37.8 Å². The van der Waals surface area contributed by atoms with Crippen molar-refractivity contribution in [1.29, 1.82) is 0 Å². The molecule has 0 amide bonds. The van der Waals surface area contributed by atoms with E-state index in [9.17, 15) is 0 Å². The number of hydrogen-bond donors (Lipinski definition) is 1. The molecule has 0 heterocycles. The van der Waals surface area contributed by atoms with Crippen LogP contribution in [0.1, 0.15) is 25.7 Å². The van der Waals surface area contributed by atoms with E-state index in [1.54, 1.807) is 0 Å². The highest BCUT2D eigenvalue weighted by Crippen LogP contribution is 1.93. The van der Waals surface area contributed by atoms with Crippen molar-refractivity contribution >= 4 is 0 Å². The van der Waals surface area contributed by atoms with Crippen LogP contribution in [0.15, 0.2) is 5.11 Å². The molecule has 2 N–H and O–H groups in total. The standard InChI is InChI=1S/C8H18N4O/c9-5-1-3-7-13-8-4-2-6-11-12-10/h1-9H2. The molecule has 5 nitrogen and oxygen atoms in total. The summed E-state index contributed by atoms with van der Waals surface area (Å²) in [6.45, 7) is 2.85. The third-order valence-corrected chi connectivity index (χ3v) is 1.60. The lowest BCUT2D eigenvalue weighted by Gasteiger charge is -2.01. The fourth-order valence-corrected chi connectivity index (χ4v) is 0.882. The van der Waals surface area contributed by atoms with Gasteiger partial charge in [0, 0.05) is 24.7 Å². The quantitative estimate of drug-likeness (QED) is 0.258. The zero-order valence-electron chi connectivity index (χ0n) is 7.98. The molecule has 5 heteroatoms. The zero-order valence-corrected chi connectivity index (χ0v) is 7.98. The Morgan fingerprint density at radius 3 is 2.46 bits per heavy atom. The van der Waals surface area contributed by atoms with E-state index in [-0.39, 0.29) is 0 Å². The van der Waals surface area contributed by atoms with Crippen LogP contribution in [0.4, 0.5) is 0 Å². The molecule has 0 aliphatic heterocycles. The van der Waals surface area contributed by atoms with Crippen molar-refractivity contribution in [3.8, 4) is 0 Å². The third-order valence-electron chi connectivity index (χ3n) is 1.60. The summed E-state index contributed by atoms with van der Waals surface area (Å²) in [4.78, 5) is 2.66. The number of hydrogen-bond acceptors (Lipinski definition) is 3. The SMILES string of the molecule is [N-]=[N+]=NCCCCOCCCCN. The minimum absolute atomic E-state index is 0.572. The van der Waals surface area contributed by atoms with Gasteiger partial charge in [0.1, 0.15) is 0 Å². The van der Waals surface area contributed by atoms with E-state index in [0.29, 0.717) is 6.54 Å². The van der Waals surface area contributed by atoms with E-state index in [2.05, 4.69) is 10.0 Å². The Kier molecular flexibility index (Phi) is 10.6. The molecule has 0 saturated carbocycles. The second kappa shape index (κ2) is 11.2. The first kappa shape index (κ1) is 12.2. The van der Waals surface area contributed by atoms with Gasteiger partial charge in [-0.2, -0.15) is 0 Å². The molecule has 0 spiro atoms. The van der Waals surface area contributed by atoms with Crippen molar-refractivity contribution in [2.24, 2.45) is 10.8 Å². The van der Waals surface area contributed by atoms with Crippen LogP contribution in [0.2, 0.25) is 0 Å². The van der Waals surface area contributed by atoms with Gasteiger partial charge in [-0.25, -0.2) is 0 Å². The lowest BCUT2D eigenvalue weighted by molar-refractivity contribution is 0.127. The molecule has 0 bridgehead atoms. The fraction of sp³-hybridized carbons (Fsp3) is 1.00. The molecule has 0 aromatic heterocycles. The highest BCUT2D eigenvalue weighted by atomic mass is 16.5. The predicted octanol–water partition coefficient (Wildman–Crippen LogP) is 1.83. The van der Waals surface area contributed by atoms with Gasteiger partial charge in [0.2, 0.25) is 0 Å². The van der Waals surface area contributed by atoms with Crippen LogP contribution in [0.25, 0.3) is 10.4 Å². The van der Waals surface area contributed by atoms with Crippen LogP contribution in [-0.2, 0) is 4.74 Å². The first-order valence-electron chi connectivity index (χ1n) is 4.70. The van der Waals surface area contributed by atoms with Crippen molar-refractivity contribution in [1.82, 2.24) is 0 Å². The van der Waals surface area contributed by atoms with E-state index < -0.39 is 0 Å². The highest BCUT2D eigenvalue weighted by Gasteiger charge is 1.89. The minimum Gasteiger partial charge on any atom is -0.381 e. The summed E-state index contributed by atoms with van der Waals surface area (Å²) in [5, 5.41) is 3.43. The molecule has 0 saturated heterocycles. The number of rotatable bonds is 9. The Hall–Kier alpha value is -0.770. The van der Waals surface area contributed by atoms with Gasteiger partial charge in [0.15, 0.2) is 0 Å². The zero-order chi connectivity index (χ0) is 9.78. The average molecular weight is 186 g/mol. The van der Waals surface area contributed by atoms with Gasteiger partial charge < -0.3 is 10.5 Å². The number of ether oxygens (including phenoxy) is 1. The number of nitrogens with two attached hydrogens (primary N) is 1. The predicted molar refractivity (Wildman–Crippen MR) is 52.4 cm³/mol. The van der Waals surface area contributed by atoms with Crippen LogP contribution in [0.5, 0.6) is 0 Å². The summed E-state index contributed by atoms with van der Waals surface area (Å²) in [5.41, 5.74) is 13.3. The Balaban J connectivity index is 2.87. The van der Waals surface area contributed by atoms with Crippen molar-refractivity contribution in [3.05, 3.63) is 10.4 Å². The van der Waals surface area contributed by atoms with Crippen molar-refractivity contribution in [2.75, 3.05) is 26.3 Å². The van der Waals surface area contributed by atoms with Crippen LogP contribution >= 0.6 is 0 Å². The largest absolute Gasteiger partial charge is 0.381 e. The first-order chi connectivity index (χ1) is 6.41. The highest BCUT2D eigenvalue weighted by molar-refractivity contribution is 4.47. The molecule has 0 unspecified atom stereocenters. The molecule has 0 rings (SSSR count). The van der Waals surface area contributed by atoms with E-state index in [1.807, 2.05) is 0 Å². The topological polar surface area (TPSA) is 84.0 Å². The summed E-state index contributed by atoms with van der Waals surface area (Å²) in [6, 6.07) is 0. The van der Waals surface area contributed by atoms with Crippen LogP contribution < -0.4 is 5.73 Å². The summed E-state index contributed by atoms with van der Waals surface area (Å²) >= 11 is 0. The van der Waals surface area contributed by atoms with E-state index in [1.165, 1.54) is 0 Å². The Morgan fingerprint density at radius 1 is 1.15 bits per heavy atom. The lowest BCUT2D eigenvalue weighted by Crippen LogP contribution is -2.02. The van der Waals surface area contributed by atoms with Gasteiger partial charge in [0.05, 0.1) is 0 Å². The lowest BCUT2D eigenvalue weighted by atomic mass is 10.3. The summed E-state index contributed by atoms with van der Waals surface area (Å²) in [6.07, 6.45) is 3.92. The van der Waals surface area contributed by atoms with Crippen molar-refractivity contribution < 1.29 is 4.74 Å². The van der Waals surface area contributed by atoms with Gasteiger partial charge in [-0.15, -0.1) is 0 Å². The normalized spacial score (nSPS) is 9.62. The first-order valence-corrected chi connectivity index (χ1v) is 4.70. The summed E-state index contributed by atoms with van der Waals surface area (Å²) < 4.78 is 5.33. The van der Waals surface area contributed by atoms with Crippen LogP contribution in [0.3, 0.4) is 0 Å². The number of nitrogens with zero attached hydrogens (tertiary/aromatic N) is 3. The molecule has 76 valence electrons. The summed E-state index contributed by atoms with van der Waals surface area (Å²) in [7, 11) is 0. The van der Waals surface area contributed by atoms with Crippen LogP contribution in [0, 0.1) is 0 Å². The average Bonchev–Trinajstić information content (AvgIpc) is 2.16. The van der Waals surface area contributed by atoms with E-state index in [0.717, 1.165) is 45.4 Å². The maximum absolute atomic E-state index is 7.98. The third kappa shape index (κ3) is 11.2.